The molecule has 1 aromatic rings. The lowest BCUT2D eigenvalue weighted by Crippen LogP contribution is -2.06. The van der Waals surface area contributed by atoms with E-state index in [1.807, 2.05) is 12.1 Å². The molecule has 0 spiro atoms. The third-order valence-corrected chi connectivity index (χ3v) is 1.90. The van der Waals surface area contributed by atoms with Gasteiger partial charge in [0.1, 0.15) is 5.82 Å². The van der Waals surface area contributed by atoms with Crippen molar-refractivity contribution in [2.45, 2.75) is 20.0 Å². The molecule has 1 aromatic heterocycles. The van der Waals surface area contributed by atoms with Crippen molar-refractivity contribution in [3.05, 3.63) is 23.9 Å². The maximum Gasteiger partial charge on any atom is 0.128 e. The standard InChI is InChI=1S/C11H18N2O2/c1-2-6-14-7-8-15-9-10-4-3-5-13-11(10)12/h3-5H,2,6-9H2,1H3,(H2,12,13). The molecule has 0 atom stereocenters. The van der Waals surface area contributed by atoms with Crippen LogP contribution in [-0.4, -0.2) is 24.8 Å². The minimum atomic E-state index is 0.495. The lowest BCUT2D eigenvalue weighted by Gasteiger charge is -2.06. The van der Waals surface area contributed by atoms with Crippen LogP contribution in [0.25, 0.3) is 0 Å². The topological polar surface area (TPSA) is 57.4 Å². The number of anilines is 1. The summed E-state index contributed by atoms with van der Waals surface area (Å²) in [6, 6.07) is 3.76. The molecular formula is C11H18N2O2. The number of pyridine rings is 1. The second kappa shape index (κ2) is 7.20. The molecule has 15 heavy (non-hydrogen) atoms. The van der Waals surface area contributed by atoms with E-state index in [2.05, 4.69) is 11.9 Å². The molecule has 4 heteroatoms. The normalized spacial score (nSPS) is 10.5. The highest BCUT2D eigenvalue weighted by Gasteiger charge is 1.98. The molecule has 0 amide bonds. The van der Waals surface area contributed by atoms with E-state index >= 15 is 0 Å². The number of hydrogen-bond donors (Lipinski definition) is 1. The first-order chi connectivity index (χ1) is 7.34. The van der Waals surface area contributed by atoms with Crippen LogP contribution in [0.4, 0.5) is 5.82 Å². The van der Waals surface area contributed by atoms with E-state index < -0.39 is 0 Å². The molecule has 1 heterocycles. The summed E-state index contributed by atoms with van der Waals surface area (Å²) in [7, 11) is 0. The Labute approximate surface area is 90.4 Å². The molecule has 0 saturated carbocycles. The first-order valence-electron chi connectivity index (χ1n) is 5.19. The van der Waals surface area contributed by atoms with Gasteiger partial charge >= 0.3 is 0 Å². The van der Waals surface area contributed by atoms with Crippen LogP contribution < -0.4 is 5.73 Å². The molecule has 0 aromatic carbocycles. The van der Waals surface area contributed by atoms with Gasteiger partial charge in [0.05, 0.1) is 19.8 Å². The van der Waals surface area contributed by atoms with Crippen molar-refractivity contribution in [1.82, 2.24) is 4.98 Å². The van der Waals surface area contributed by atoms with Crippen LogP contribution >= 0.6 is 0 Å². The van der Waals surface area contributed by atoms with Gasteiger partial charge in [-0.3, -0.25) is 0 Å². The van der Waals surface area contributed by atoms with Gasteiger partial charge in [0.2, 0.25) is 0 Å². The molecule has 0 fully saturated rings. The van der Waals surface area contributed by atoms with Crippen LogP contribution in [0.5, 0.6) is 0 Å². The number of nitrogen functional groups attached to an aromatic ring is 1. The SMILES string of the molecule is CCCOCCOCc1cccnc1N. The molecule has 1 rings (SSSR count). The van der Waals surface area contributed by atoms with Gasteiger partial charge in [0, 0.05) is 18.4 Å². The van der Waals surface area contributed by atoms with E-state index in [0.717, 1.165) is 18.6 Å². The lowest BCUT2D eigenvalue weighted by molar-refractivity contribution is 0.0409. The van der Waals surface area contributed by atoms with E-state index in [1.165, 1.54) is 0 Å². The Balaban J connectivity index is 2.12. The molecule has 84 valence electrons. The summed E-state index contributed by atoms with van der Waals surface area (Å²) in [5.41, 5.74) is 6.58. The van der Waals surface area contributed by atoms with Gasteiger partial charge < -0.3 is 15.2 Å². The molecule has 0 aliphatic carbocycles. The zero-order valence-corrected chi connectivity index (χ0v) is 9.11. The first-order valence-corrected chi connectivity index (χ1v) is 5.19. The molecule has 4 nitrogen and oxygen atoms in total. The van der Waals surface area contributed by atoms with Gasteiger partial charge in [-0.15, -0.1) is 0 Å². The largest absolute Gasteiger partial charge is 0.383 e. The molecule has 2 N–H and O–H groups in total. The molecule has 0 aliphatic heterocycles. The summed E-state index contributed by atoms with van der Waals surface area (Å²) in [5.74, 6) is 0.534. The Morgan fingerprint density at radius 2 is 2.07 bits per heavy atom. The van der Waals surface area contributed by atoms with Gasteiger partial charge in [0.15, 0.2) is 0 Å². The molecule has 0 bridgehead atoms. The maximum atomic E-state index is 5.66. The number of ether oxygens (including phenoxy) is 2. The highest BCUT2D eigenvalue weighted by atomic mass is 16.5. The fourth-order valence-corrected chi connectivity index (χ4v) is 1.12. The zero-order valence-electron chi connectivity index (χ0n) is 9.11. The summed E-state index contributed by atoms with van der Waals surface area (Å²) in [5, 5.41) is 0. The average molecular weight is 210 g/mol. The highest BCUT2D eigenvalue weighted by molar-refractivity contribution is 5.37. The number of aromatic nitrogens is 1. The minimum Gasteiger partial charge on any atom is -0.383 e. The Hall–Kier alpha value is -1.13. The Morgan fingerprint density at radius 3 is 2.80 bits per heavy atom. The van der Waals surface area contributed by atoms with Crippen molar-refractivity contribution in [1.29, 1.82) is 0 Å². The van der Waals surface area contributed by atoms with Gasteiger partial charge in [-0.25, -0.2) is 4.98 Å². The van der Waals surface area contributed by atoms with Crippen LogP contribution in [0.15, 0.2) is 18.3 Å². The van der Waals surface area contributed by atoms with Crippen molar-refractivity contribution in [2.75, 3.05) is 25.6 Å². The summed E-state index contributed by atoms with van der Waals surface area (Å²) in [4.78, 5) is 3.97. The predicted octanol–water partition coefficient (Wildman–Crippen LogP) is 1.61. The summed E-state index contributed by atoms with van der Waals surface area (Å²) >= 11 is 0. The Kier molecular flexibility index (Phi) is 5.73. The number of rotatable bonds is 7. The van der Waals surface area contributed by atoms with Gasteiger partial charge in [0.25, 0.3) is 0 Å². The predicted molar refractivity (Wildman–Crippen MR) is 59.4 cm³/mol. The Bertz CT molecular complexity index is 279. The molecular weight excluding hydrogens is 192 g/mol. The van der Waals surface area contributed by atoms with Crippen LogP contribution in [0, 0.1) is 0 Å². The third-order valence-electron chi connectivity index (χ3n) is 1.90. The van der Waals surface area contributed by atoms with Gasteiger partial charge in [-0.05, 0) is 12.5 Å². The van der Waals surface area contributed by atoms with Crippen LogP contribution in [0.3, 0.4) is 0 Å². The van der Waals surface area contributed by atoms with Crippen molar-refractivity contribution < 1.29 is 9.47 Å². The number of nitrogens with two attached hydrogens (primary N) is 1. The van der Waals surface area contributed by atoms with E-state index in [1.54, 1.807) is 6.20 Å². The van der Waals surface area contributed by atoms with E-state index in [9.17, 15) is 0 Å². The highest BCUT2D eigenvalue weighted by Crippen LogP contribution is 2.07. The van der Waals surface area contributed by atoms with Crippen molar-refractivity contribution in [2.24, 2.45) is 0 Å². The minimum absolute atomic E-state index is 0.495. The van der Waals surface area contributed by atoms with Crippen LogP contribution in [0.2, 0.25) is 0 Å². The van der Waals surface area contributed by atoms with E-state index in [4.69, 9.17) is 15.2 Å². The number of nitrogens with zero attached hydrogens (tertiary/aromatic N) is 1. The van der Waals surface area contributed by atoms with Crippen molar-refractivity contribution in [3.8, 4) is 0 Å². The first kappa shape index (κ1) is 11.9. The quantitative estimate of drug-likeness (QED) is 0.694. The molecule has 0 radical (unpaired) electrons. The zero-order chi connectivity index (χ0) is 10.9. The maximum absolute atomic E-state index is 5.66. The van der Waals surface area contributed by atoms with Crippen molar-refractivity contribution in [3.63, 3.8) is 0 Å². The summed E-state index contributed by atoms with van der Waals surface area (Å²) in [6.45, 7) is 4.59. The fraction of sp³-hybridized carbons (Fsp3) is 0.545. The second-order valence-corrected chi connectivity index (χ2v) is 3.21. The number of hydrogen-bond acceptors (Lipinski definition) is 4. The van der Waals surface area contributed by atoms with Crippen LogP contribution in [0.1, 0.15) is 18.9 Å². The monoisotopic (exact) mass is 210 g/mol. The third kappa shape index (κ3) is 4.76. The summed E-state index contributed by atoms with van der Waals surface area (Å²) in [6.07, 6.45) is 2.71. The van der Waals surface area contributed by atoms with Gasteiger partial charge in [-0.1, -0.05) is 13.0 Å². The second-order valence-electron chi connectivity index (χ2n) is 3.21. The molecule has 0 unspecified atom stereocenters. The average Bonchev–Trinajstić information content (AvgIpc) is 2.25. The van der Waals surface area contributed by atoms with E-state index in [-0.39, 0.29) is 0 Å². The van der Waals surface area contributed by atoms with E-state index in [0.29, 0.717) is 25.6 Å². The lowest BCUT2D eigenvalue weighted by atomic mass is 10.3. The van der Waals surface area contributed by atoms with Gasteiger partial charge in [-0.2, -0.15) is 0 Å². The molecule has 0 aliphatic rings. The smallest absolute Gasteiger partial charge is 0.128 e. The molecule has 0 saturated heterocycles. The Morgan fingerprint density at radius 1 is 1.27 bits per heavy atom. The van der Waals surface area contributed by atoms with Crippen molar-refractivity contribution >= 4 is 5.82 Å². The van der Waals surface area contributed by atoms with Crippen LogP contribution in [-0.2, 0) is 16.1 Å². The fourth-order valence-electron chi connectivity index (χ4n) is 1.12. The summed E-state index contributed by atoms with van der Waals surface area (Å²) < 4.78 is 10.7.